The molecule has 138 valence electrons. The zero-order valence-electron chi connectivity index (χ0n) is 14.6. The summed E-state index contributed by atoms with van der Waals surface area (Å²) in [7, 11) is 1.57. The van der Waals surface area contributed by atoms with E-state index in [9.17, 15) is 9.90 Å². The molecular weight excluding hydrogens is 366 g/mol. The smallest absolute Gasteiger partial charge is 0.226 e. The number of phenolic OH excluding ortho intramolecular Hbond substituents is 1. The Labute approximate surface area is 161 Å². The molecule has 1 atom stereocenters. The van der Waals surface area contributed by atoms with Gasteiger partial charge in [0.1, 0.15) is 17.3 Å². The molecule has 1 aliphatic rings. The van der Waals surface area contributed by atoms with E-state index in [4.69, 9.17) is 16.3 Å². The fourth-order valence-electron chi connectivity index (χ4n) is 3.47. The number of rotatable bonds is 4. The van der Waals surface area contributed by atoms with Gasteiger partial charge in [-0.05, 0) is 35.9 Å². The lowest BCUT2D eigenvalue weighted by Crippen LogP contribution is -2.25. The van der Waals surface area contributed by atoms with Gasteiger partial charge in [0.15, 0.2) is 0 Å². The predicted octanol–water partition coefficient (Wildman–Crippen LogP) is 3.77. The Morgan fingerprint density at radius 3 is 2.93 bits per heavy atom. The molecule has 2 N–H and O–H groups in total. The maximum atomic E-state index is 12.4. The van der Waals surface area contributed by atoms with Crippen LogP contribution < -0.4 is 10.1 Å². The molecule has 2 heterocycles. The number of carbonyl (C=O) groups excluding carboxylic acids is 1. The molecule has 3 aromatic rings. The number of carbonyl (C=O) groups is 1. The number of hydrogen-bond acceptors (Lipinski definition) is 4. The molecule has 0 spiro atoms. The summed E-state index contributed by atoms with van der Waals surface area (Å²) in [5, 5.41) is 18.0. The second kappa shape index (κ2) is 6.96. The molecule has 1 aliphatic heterocycles. The van der Waals surface area contributed by atoms with E-state index in [-0.39, 0.29) is 24.0 Å². The molecule has 0 fully saturated rings. The Morgan fingerprint density at radius 1 is 1.30 bits per heavy atom. The molecule has 1 unspecified atom stereocenters. The highest BCUT2D eigenvalue weighted by Crippen LogP contribution is 2.42. The highest BCUT2D eigenvalue weighted by Gasteiger charge is 2.32. The molecule has 0 bridgehead atoms. The maximum Gasteiger partial charge on any atom is 0.226 e. The summed E-state index contributed by atoms with van der Waals surface area (Å²) in [4.78, 5) is 12.4. The molecule has 0 aliphatic carbocycles. The number of amides is 1. The minimum atomic E-state index is -0.246. The van der Waals surface area contributed by atoms with Crippen molar-refractivity contribution < 1.29 is 14.6 Å². The molecule has 2 aromatic carbocycles. The SMILES string of the molecule is COc1ccc(O)cc1C1CC(=O)Nc2c1cnn2Cc1cccc(Cl)c1. The van der Waals surface area contributed by atoms with Crippen molar-refractivity contribution in [3.05, 3.63) is 70.4 Å². The molecule has 0 saturated heterocycles. The second-order valence-electron chi connectivity index (χ2n) is 6.47. The van der Waals surface area contributed by atoms with Gasteiger partial charge in [0.25, 0.3) is 0 Å². The van der Waals surface area contributed by atoms with Crippen LogP contribution in [0.1, 0.15) is 29.0 Å². The minimum absolute atomic E-state index is 0.106. The van der Waals surface area contributed by atoms with Crippen molar-refractivity contribution in [2.24, 2.45) is 0 Å². The number of aromatic hydroxyl groups is 1. The van der Waals surface area contributed by atoms with Gasteiger partial charge in [-0.2, -0.15) is 5.10 Å². The fourth-order valence-corrected chi connectivity index (χ4v) is 3.68. The molecule has 6 nitrogen and oxygen atoms in total. The molecule has 1 amide bonds. The van der Waals surface area contributed by atoms with E-state index < -0.39 is 0 Å². The van der Waals surface area contributed by atoms with Gasteiger partial charge in [0.05, 0.1) is 19.9 Å². The topological polar surface area (TPSA) is 76.4 Å². The Balaban J connectivity index is 1.75. The van der Waals surface area contributed by atoms with Gasteiger partial charge in [0, 0.05) is 28.5 Å². The number of fused-ring (bicyclic) bond motifs is 1. The highest BCUT2D eigenvalue weighted by atomic mass is 35.5. The number of benzene rings is 2. The van der Waals surface area contributed by atoms with E-state index in [2.05, 4.69) is 10.4 Å². The first-order valence-electron chi connectivity index (χ1n) is 8.52. The number of hydrogen-bond donors (Lipinski definition) is 2. The van der Waals surface area contributed by atoms with Gasteiger partial charge >= 0.3 is 0 Å². The van der Waals surface area contributed by atoms with Crippen molar-refractivity contribution in [3.63, 3.8) is 0 Å². The van der Waals surface area contributed by atoms with Crippen LogP contribution in [0, 0.1) is 0 Å². The standard InChI is InChI=1S/C20H18ClN3O3/c1-27-18-6-5-14(25)8-16(18)15-9-19(26)23-20-17(15)10-22-24(20)11-12-3-2-4-13(21)7-12/h2-8,10,15,25H,9,11H2,1H3,(H,23,26). The maximum absolute atomic E-state index is 12.4. The van der Waals surface area contributed by atoms with Gasteiger partial charge in [-0.15, -0.1) is 0 Å². The molecule has 27 heavy (non-hydrogen) atoms. The van der Waals surface area contributed by atoms with E-state index in [1.165, 1.54) is 0 Å². The number of anilines is 1. The first-order chi connectivity index (χ1) is 13.0. The zero-order chi connectivity index (χ0) is 19.0. The number of nitrogens with zero attached hydrogens (tertiary/aromatic N) is 2. The van der Waals surface area contributed by atoms with Crippen LogP contribution >= 0.6 is 11.6 Å². The third kappa shape index (κ3) is 3.36. The number of halogens is 1. The van der Waals surface area contributed by atoms with Gasteiger partial charge in [-0.25, -0.2) is 4.68 Å². The van der Waals surface area contributed by atoms with Gasteiger partial charge in [-0.1, -0.05) is 23.7 Å². The lowest BCUT2D eigenvalue weighted by molar-refractivity contribution is -0.116. The summed E-state index contributed by atoms with van der Waals surface area (Å²) in [6.45, 7) is 0.486. The van der Waals surface area contributed by atoms with Crippen molar-refractivity contribution in [3.8, 4) is 11.5 Å². The van der Waals surface area contributed by atoms with E-state index >= 15 is 0 Å². The Bertz CT molecular complexity index is 1020. The van der Waals surface area contributed by atoms with Gasteiger partial charge in [0.2, 0.25) is 5.91 Å². The highest BCUT2D eigenvalue weighted by molar-refractivity contribution is 6.30. The molecular formula is C20H18ClN3O3. The Hall–Kier alpha value is -2.99. The second-order valence-corrected chi connectivity index (χ2v) is 6.90. The summed E-state index contributed by atoms with van der Waals surface area (Å²) in [5.74, 6) is 1.06. The summed E-state index contributed by atoms with van der Waals surface area (Å²) in [5.41, 5.74) is 2.64. The fraction of sp³-hybridized carbons (Fsp3) is 0.200. The zero-order valence-corrected chi connectivity index (χ0v) is 15.4. The molecule has 7 heteroatoms. The van der Waals surface area contributed by atoms with Crippen LogP contribution in [0.3, 0.4) is 0 Å². The molecule has 0 saturated carbocycles. The average Bonchev–Trinajstić information content (AvgIpc) is 3.03. The van der Waals surface area contributed by atoms with Crippen LogP contribution in [0.4, 0.5) is 5.82 Å². The van der Waals surface area contributed by atoms with Crippen LogP contribution in [0.25, 0.3) is 0 Å². The number of phenols is 1. The van der Waals surface area contributed by atoms with Crippen molar-refractivity contribution in [2.75, 3.05) is 12.4 Å². The van der Waals surface area contributed by atoms with Crippen molar-refractivity contribution >= 4 is 23.3 Å². The third-order valence-corrected chi connectivity index (χ3v) is 4.94. The number of nitrogens with one attached hydrogen (secondary N) is 1. The quantitative estimate of drug-likeness (QED) is 0.719. The molecule has 4 rings (SSSR count). The van der Waals surface area contributed by atoms with Crippen LogP contribution in [-0.2, 0) is 11.3 Å². The Kier molecular flexibility index (Phi) is 4.49. The van der Waals surface area contributed by atoms with E-state index in [1.807, 2.05) is 24.3 Å². The van der Waals surface area contributed by atoms with Gasteiger partial charge in [-0.3, -0.25) is 4.79 Å². The normalized spacial score (nSPS) is 15.9. The average molecular weight is 384 g/mol. The number of aromatic nitrogens is 2. The van der Waals surface area contributed by atoms with Crippen molar-refractivity contribution in [1.29, 1.82) is 0 Å². The van der Waals surface area contributed by atoms with E-state index in [0.29, 0.717) is 23.1 Å². The first kappa shape index (κ1) is 17.4. The largest absolute Gasteiger partial charge is 0.508 e. The van der Waals surface area contributed by atoms with E-state index in [0.717, 1.165) is 16.7 Å². The monoisotopic (exact) mass is 383 g/mol. The van der Waals surface area contributed by atoms with Crippen LogP contribution in [-0.4, -0.2) is 27.9 Å². The van der Waals surface area contributed by atoms with Gasteiger partial charge < -0.3 is 15.2 Å². The molecule has 0 radical (unpaired) electrons. The third-order valence-electron chi connectivity index (χ3n) is 4.70. The van der Waals surface area contributed by atoms with Crippen molar-refractivity contribution in [1.82, 2.24) is 9.78 Å². The summed E-state index contributed by atoms with van der Waals surface area (Å²) < 4.78 is 7.19. The lowest BCUT2D eigenvalue weighted by Gasteiger charge is -2.25. The predicted molar refractivity (Wildman–Crippen MR) is 103 cm³/mol. The van der Waals surface area contributed by atoms with Crippen molar-refractivity contribution in [2.45, 2.75) is 18.9 Å². The summed E-state index contributed by atoms with van der Waals surface area (Å²) in [6.07, 6.45) is 2.02. The summed E-state index contributed by atoms with van der Waals surface area (Å²) >= 11 is 6.07. The van der Waals surface area contributed by atoms with Crippen LogP contribution in [0.2, 0.25) is 5.02 Å². The summed E-state index contributed by atoms with van der Waals surface area (Å²) in [6, 6.07) is 12.4. The van der Waals surface area contributed by atoms with E-state index in [1.54, 1.807) is 36.2 Å². The van der Waals surface area contributed by atoms with Crippen LogP contribution in [0.5, 0.6) is 11.5 Å². The van der Waals surface area contributed by atoms with Crippen LogP contribution in [0.15, 0.2) is 48.7 Å². The first-order valence-corrected chi connectivity index (χ1v) is 8.90. The number of ether oxygens (including phenoxy) is 1. The molecule has 1 aromatic heterocycles. The Morgan fingerprint density at radius 2 is 2.15 bits per heavy atom. The minimum Gasteiger partial charge on any atom is -0.508 e. The number of methoxy groups -OCH3 is 1. The lowest BCUT2D eigenvalue weighted by atomic mass is 9.86.